The van der Waals surface area contributed by atoms with Gasteiger partial charge in [-0.25, -0.2) is 8.42 Å². The third-order valence-corrected chi connectivity index (χ3v) is 7.93. The maximum atomic E-state index is 12.8. The Bertz CT molecular complexity index is 854. The van der Waals surface area contributed by atoms with Crippen LogP contribution in [0.1, 0.15) is 42.5 Å². The summed E-state index contributed by atoms with van der Waals surface area (Å²) >= 11 is 1.65. The average Bonchev–Trinajstić information content (AvgIpc) is 3.04. The molecule has 0 N–H and O–H groups in total. The quantitative estimate of drug-likeness (QED) is 0.682. The average molecular weight is 421 g/mol. The van der Waals surface area contributed by atoms with Crippen LogP contribution in [0.3, 0.4) is 0 Å². The summed E-state index contributed by atoms with van der Waals surface area (Å²) in [5, 5.41) is 2.01. The normalized spacial score (nSPS) is 15.9. The summed E-state index contributed by atoms with van der Waals surface area (Å²) in [5.74, 6) is 0.0923. The minimum atomic E-state index is -3.42. The second-order valence-electron chi connectivity index (χ2n) is 7.29. The van der Waals surface area contributed by atoms with E-state index >= 15 is 0 Å². The zero-order valence-electron chi connectivity index (χ0n) is 16.3. The van der Waals surface area contributed by atoms with Crippen LogP contribution in [-0.4, -0.2) is 43.7 Å². The Morgan fingerprint density at radius 1 is 1.07 bits per heavy atom. The molecule has 1 aliphatic heterocycles. The highest BCUT2D eigenvalue weighted by Gasteiger charge is 2.24. The van der Waals surface area contributed by atoms with E-state index in [0.29, 0.717) is 37.4 Å². The zero-order valence-corrected chi connectivity index (χ0v) is 18.0. The third kappa shape index (κ3) is 5.43. The Kier molecular flexibility index (Phi) is 7.26. The number of carbonyl (C=O) groups is 1. The lowest BCUT2D eigenvalue weighted by atomic mass is 10.1. The molecule has 7 heteroatoms. The van der Waals surface area contributed by atoms with E-state index in [0.717, 1.165) is 31.2 Å². The molecule has 0 radical (unpaired) electrons. The molecule has 28 heavy (non-hydrogen) atoms. The van der Waals surface area contributed by atoms with E-state index in [1.807, 2.05) is 36.7 Å². The molecule has 0 atom stereocenters. The van der Waals surface area contributed by atoms with Crippen molar-refractivity contribution in [2.45, 2.75) is 50.0 Å². The van der Waals surface area contributed by atoms with Gasteiger partial charge >= 0.3 is 0 Å². The molecular weight excluding hydrogens is 392 g/mol. The Balaban J connectivity index is 1.55. The van der Waals surface area contributed by atoms with Gasteiger partial charge in [0.25, 0.3) is 0 Å². The molecule has 3 rings (SSSR count). The largest absolute Gasteiger partial charge is 0.341 e. The molecule has 1 aromatic heterocycles. The van der Waals surface area contributed by atoms with E-state index in [-0.39, 0.29) is 5.91 Å². The summed E-state index contributed by atoms with van der Waals surface area (Å²) in [7, 11) is -1.60. The molecule has 1 aliphatic rings. The first-order valence-electron chi connectivity index (χ1n) is 9.82. The van der Waals surface area contributed by atoms with Crippen LogP contribution in [0, 0.1) is 0 Å². The molecule has 0 saturated carbocycles. The molecule has 0 aliphatic carbocycles. The Hall–Kier alpha value is -1.70. The highest BCUT2D eigenvalue weighted by molar-refractivity contribution is 7.89. The minimum Gasteiger partial charge on any atom is -0.341 e. The second kappa shape index (κ2) is 9.67. The molecule has 1 saturated heterocycles. The molecule has 0 spiro atoms. The molecular formula is C21H28N2O3S2. The van der Waals surface area contributed by atoms with Crippen molar-refractivity contribution in [1.29, 1.82) is 0 Å². The summed E-state index contributed by atoms with van der Waals surface area (Å²) in [5.41, 5.74) is 0.979. The Morgan fingerprint density at radius 2 is 1.75 bits per heavy atom. The fourth-order valence-corrected chi connectivity index (χ4v) is 5.70. The summed E-state index contributed by atoms with van der Waals surface area (Å²) < 4.78 is 27.3. The van der Waals surface area contributed by atoms with Crippen LogP contribution in [-0.2, 0) is 27.8 Å². The first kappa shape index (κ1) is 21.0. The number of hydrogen-bond donors (Lipinski definition) is 0. The number of thiophene rings is 1. The Morgan fingerprint density at radius 3 is 2.36 bits per heavy atom. The van der Waals surface area contributed by atoms with Crippen LogP contribution in [0.25, 0.3) is 0 Å². The third-order valence-electron chi connectivity index (χ3n) is 5.15. The lowest BCUT2D eigenvalue weighted by Gasteiger charge is -2.20. The molecule has 5 nitrogen and oxygen atoms in total. The number of benzene rings is 1. The number of nitrogens with zero attached hydrogens (tertiary/aromatic N) is 2. The van der Waals surface area contributed by atoms with E-state index < -0.39 is 10.0 Å². The SMILES string of the molecule is CN(Cc1cccs1)C(=O)CCc1ccc(S(=O)(=O)N2CCCCCC2)cc1. The van der Waals surface area contributed by atoms with Gasteiger partial charge in [0.2, 0.25) is 15.9 Å². The van der Waals surface area contributed by atoms with Gasteiger partial charge in [-0.1, -0.05) is 31.0 Å². The standard InChI is InChI=1S/C21H28N2O3S2/c1-22(17-19-7-6-16-27-19)21(24)13-10-18-8-11-20(12-9-18)28(25,26)23-14-4-2-3-5-15-23/h6-9,11-12,16H,2-5,10,13-15,17H2,1H3. The van der Waals surface area contributed by atoms with Gasteiger partial charge in [-0.2, -0.15) is 4.31 Å². The summed E-state index contributed by atoms with van der Waals surface area (Å²) in [6.07, 6.45) is 5.08. The number of hydrogen-bond acceptors (Lipinski definition) is 4. The second-order valence-corrected chi connectivity index (χ2v) is 10.3. The monoisotopic (exact) mass is 420 g/mol. The topological polar surface area (TPSA) is 57.7 Å². The van der Waals surface area contributed by atoms with Gasteiger partial charge in [0.15, 0.2) is 0 Å². The number of sulfonamides is 1. The van der Waals surface area contributed by atoms with Crippen molar-refractivity contribution >= 4 is 27.3 Å². The lowest BCUT2D eigenvalue weighted by molar-refractivity contribution is -0.130. The fourth-order valence-electron chi connectivity index (χ4n) is 3.43. The van der Waals surface area contributed by atoms with Crippen molar-refractivity contribution in [3.05, 3.63) is 52.2 Å². The van der Waals surface area contributed by atoms with Crippen molar-refractivity contribution < 1.29 is 13.2 Å². The van der Waals surface area contributed by atoms with Crippen molar-refractivity contribution in [1.82, 2.24) is 9.21 Å². The van der Waals surface area contributed by atoms with Gasteiger partial charge < -0.3 is 4.90 Å². The minimum absolute atomic E-state index is 0.0923. The first-order valence-corrected chi connectivity index (χ1v) is 12.1. The van der Waals surface area contributed by atoms with Crippen molar-refractivity contribution in [2.24, 2.45) is 0 Å². The van der Waals surface area contributed by atoms with Gasteiger partial charge in [0.05, 0.1) is 11.4 Å². The van der Waals surface area contributed by atoms with E-state index in [9.17, 15) is 13.2 Å². The van der Waals surface area contributed by atoms with E-state index in [2.05, 4.69) is 0 Å². The zero-order chi connectivity index (χ0) is 20.0. The van der Waals surface area contributed by atoms with E-state index in [1.54, 1.807) is 32.7 Å². The number of carbonyl (C=O) groups excluding carboxylic acids is 1. The summed E-state index contributed by atoms with van der Waals surface area (Å²) in [4.78, 5) is 15.6. The van der Waals surface area contributed by atoms with Crippen molar-refractivity contribution in [3.8, 4) is 0 Å². The Labute approximate surface area is 172 Å². The van der Waals surface area contributed by atoms with Gasteiger partial charge in [0.1, 0.15) is 0 Å². The molecule has 0 unspecified atom stereocenters. The molecule has 1 fully saturated rings. The van der Waals surface area contributed by atoms with Crippen molar-refractivity contribution in [2.75, 3.05) is 20.1 Å². The highest BCUT2D eigenvalue weighted by atomic mass is 32.2. The summed E-state index contributed by atoms with van der Waals surface area (Å²) in [6.45, 7) is 1.84. The van der Waals surface area contributed by atoms with Crippen LogP contribution < -0.4 is 0 Å². The maximum Gasteiger partial charge on any atom is 0.243 e. The molecule has 2 aromatic rings. The van der Waals surface area contributed by atoms with Gasteiger partial charge in [-0.3, -0.25) is 4.79 Å². The summed E-state index contributed by atoms with van der Waals surface area (Å²) in [6, 6.07) is 11.0. The number of rotatable bonds is 7. The lowest BCUT2D eigenvalue weighted by Crippen LogP contribution is -2.31. The van der Waals surface area contributed by atoms with Gasteiger partial charge in [-0.15, -0.1) is 11.3 Å². The molecule has 152 valence electrons. The van der Waals surface area contributed by atoms with E-state index in [4.69, 9.17) is 0 Å². The van der Waals surface area contributed by atoms with Gasteiger partial charge in [0, 0.05) is 31.4 Å². The molecule has 1 amide bonds. The molecule has 2 heterocycles. The van der Waals surface area contributed by atoms with Crippen LogP contribution in [0.15, 0.2) is 46.7 Å². The highest BCUT2D eigenvalue weighted by Crippen LogP contribution is 2.21. The fraction of sp³-hybridized carbons (Fsp3) is 0.476. The number of aryl methyl sites for hydroxylation is 1. The van der Waals surface area contributed by atoms with Crippen LogP contribution in [0.4, 0.5) is 0 Å². The van der Waals surface area contributed by atoms with E-state index in [1.165, 1.54) is 4.88 Å². The first-order chi connectivity index (χ1) is 13.5. The van der Waals surface area contributed by atoms with Crippen LogP contribution in [0.5, 0.6) is 0 Å². The van der Waals surface area contributed by atoms with Gasteiger partial charge in [-0.05, 0) is 48.4 Å². The number of amides is 1. The van der Waals surface area contributed by atoms with Crippen LogP contribution in [0.2, 0.25) is 0 Å². The van der Waals surface area contributed by atoms with Crippen LogP contribution >= 0.6 is 11.3 Å². The molecule has 0 bridgehead atoms. The predicted octanol–water partition coefficient (Wildman–Crippen LogP) is 3.90. The maximum absolute atomic E-state index is 12.8. The van der Waals surface area contributed by atoms with Crippen molar-refractivity contribution in [3.63, 3.8) is 0 Å². The predicted molar refractivity (Wildman–Crippen MR) is 113 cm³/mol. The molecule has 1 aromatic carbocycles. The smallest absolute Gasteiger partial charge is 0.243 e.